The summed E-state index contributed by atoms with van der Waals surface area (Å²) in [6, 6.07) is 12.2. The minimum absolute atomic E-state index is 0.0442. The quantitative estimate of drug-likeness (QED) is 0.451. The van der Waals surface area contributed by atoms with Gasteiger partial charge in [0, 0.05) is 51.4 Å². The maximum atomic E-state index is 14.3. The third-order valence-electron chi connectivity index (χ3n) is 5.33. The number of carbonyl (C=O) groups is 1. The number of hydrogen-bond acceptors (Lipinski definition) is 5. The predicted molar refractivity (Wildman–Crippen MR) is 117 cm³/mol. The molecule has 0 amide bonds. The molecule has 2 aromatic carbocycles. The van der Waals surface area contributed by atoms with Crippen molar-refractivity contribution >= 4 is 17.2 Å². The van der Waals surface area contributed by atoms with E-state index in [1.54, 1.807) is 0 Å². The average molecular weight is 450 g/mol. The van der Waals surface area contributed by atoms with Crippen LogP contribution in [0.1, 0.15) is 27.0 Å². The Labute approximate surface area is 184 Å². The fraction of sp³-hybridized carbons (Fsp3) is 0.409. The van der Waals surface area contributed by atoms with Gasteiger partial charge in [-0.2, -0.15) is 4.31 Å². The van der Waals surface area contributed by atoms with E-state index < -0.39 is 23.1 Å². The van der Waals surface area contributed by atoms with Gasteiger partial charge in [-0.05, 0) is 29.7 Å². The maximum absolute atomic E-state index is 14.3. The van der Waals surface area contributed by atoms with E-state index in [2.05, 4.69) is 27.1 Å². The Morgan fingerprint density at radius 2 is 1.87 bits per heavy atom. The van der Waals surface area contributed by atoms with E-state index in [0.29, 0.717) is 13.0 Å². The summed E-state index contributed by atoms with van der Waals surface area (Å²) in [7, 11) is 1.22. The van der Waals surface area contributed by atoms with Gasteiger partial charge in [-0.15, -0.1) is 0 Å². The summed E-state index contributed by atoms with van der Waals surface area (Å²) < 4.78 is 41.6. The van der Waals surface area contributed by atoms with Gasteiger partial charge in [0.25, 0.3) is 0 Å². The first-order valence-electron chi connectivity index (χ1n) is 10.2. The van der Waals surface area contributed by atoms with Crippen LogP contribution in [0, 0.1) is 5.82 Å². The summed E-state index contributed by atoms with van der Waals surface area (Å²) in [4.78, 5) is 13.9. The largest absolute Gasteiger partial charge is 0.465 e. The number of rotatable bonds is 9. The van der Waals surface area contributed by atoms with Crippen LogP contribution in [0.2, 0.25) is 0 Å². The van der Waals surface area contributed by atoms with Crippen molar-refractivity contribution in [3.05, 3.63) is 70.5 Å². The number of nitrogens with zero attached hydrogens (tertiary/aromatic N) is 2. The minimum Gasteiger partial charge on any atom is -0.465 e. The molecular formula is C22H28FN3O4S. The van der Waals surface area contributed by atoms with Crippen molar-refractivity contribution in [3.63, 3.8) is 0 Å². The van der Waals surface area contributed by atoms with Crippen molar-refractivity contribution in [1.29, 1.82) is 0 Å². The maximum Gasteiger partial charge on any atom is 0.337 e. The van der Waals surface area contributed by atoms with Crippen LogP contribution >= 0.6 is 0 Å². The van der Waals surface area contributed by atoms with Gasteiger partial charge in [-0.25, -0.2) is 13.4 Å². The fourth-order valence-electron chi connectivity index (χ4n) is 3.52. The van der Waals surface area contributed by atoms with Gasteiger partial charge in [0.1, 0.15) is 5.82 Å². The molecule has 7 nitrogen and oxygen atoms in total. The summed E-state index contributed by atoms with van der Waals surface area (Å²) in [6.07, 6.45) is 0.558. The van der Waals surface area contributed by atoms with Crippen molar-refractivity contribution in [2.24, 2.45) is 0 Å². The lowest BCUT2D eigenvalue weighted by atomic mass is 10.1. The van der Waals surface area contributed by atoms with Gasteiger partial charge in [-0.1, -0.05) is 30.3 Å². The first kappa shape index (κ1) is 23.5. The molecule has 1 atom stereocenters. The molecule has 31 heavy (non-hydrogen) atoms. The summed E-state index contributed by atoms with van der Waals surface area (Å²) in [5, 5.41) is 3.34. The number of halogens is 1. The Morgan fingerprint density at radius 3 is 2.48 bits per heavy atom. The van der Waals surface area contributed by atoms with Crippen LogP contribution in [0.3, 0.4) is 0 Å². The molecule has 9 heteroatoms. The van der Waals surface area contributed by atoms with Crippen LogP contribution in [0.15, 0.2) is 42.5 Å². The lowest BCUT2D eigenvalue weighted by Gasteiger charge is -2.27. The number of hydrogen-bond donors (Lipinski definition) is 2. The van der Waals surface area contributed by atoms with E-state index in [1.165, 1.54) is 29.1 Å². The van der Waals surface area contributed by atoms with Crippen LogP contribution in [0.4, 0.5) is 4.39 Å². The second-order valence-corrected chi connectivity index (χ2v) is 8.46. The molecule has 1 unspecified atom stereocenters. The highest BCUT2D eigenvalue weighted by Gasteiger charge is 2.17. The highest BCUT2D eigenvalue weighted by molar-refractivity contribution is 7.76. The molecule has 0 aromatic heterocycles. The molecule has 3 rings (SSSR count). The van der Waals surface area contributed by atoms with Crippen LogP contribution < -0.4 is 5.32 Å². The van der Waals surface area contributed by atoms with Crippen molar-refractivity contribution in [3.8, 4) is 0 Å². The van der Waals surface area contributed by atoms with Crippen molar-refractivity contribution in [2.45, 2.75) is 19.5 Å². The molecule has 2 N–H and O–H groups in total. The number of benzene rings is 2. The molecule has 1 aliphatic rings. The second kappa shape index (κ2) is 11.4. The smallest absolute Gasteiger partial charge is 0.337 e. The van der Waals surface area contributed by atoms with Gasteiger partial charge in [-0.3, -0.25) is 9.45 Å². The van der Waals surface area contributed by atoms with Crippen LogP contribution in [-0.4, -0.2) is 63.8 Å². The molecule has 0 saturated carbocycles. The van der Waals surface area contributed by atoms with Crippen molar-refractivity contribution in [2.75, 3.05) is 39.8 Å². The molecule has 0 radical (unpaired) electrons. The van der Waals surface area contributed by atoms with Crippen molar-refractivity contribution < 1.29 is 22.7 Å². The first-order chi connectivity index (χ1) is 15.0. The summed E-state index contributed by atoms with van der Waals surface area (Å²) in [5.41, 5.74) is 2.62. The topological polar surface area (TPSA) is 82.1 Å². The lowest BCUT2D eigenvalue weighted by molar-refractivity contribution is 0.0600. The molecule has 0 aliphatic carbocycles. The van der Waals surface area contributed by atoms with Gasteiger partial charge in [0.15, 0.2) is 0 Å². The third kappa shape index (κ3) is 6.91. The van der Waals surface area contributed by atoms with E-state index >= 15 is 0 Å². The normalized spacial score (nSPS) is 15.7. The highest BCUT2D eigenvalue weighted by Crippen LogP contribution is 2.16. The molecule has 1 fully saturated rings. The Morgan fingerprint density at radius 1 is 1.19 bits per heavy atom. The number of carbonyl (C=O) groups excluding carboxylic acids is 1. The molecule has 1 saturated heterocycles. The standard InChI is InChI=1S/C22H28FN3O4S/c1-30-22(27)19-6-7-20(21(23)14-19)16-26(31(28)29)11-8-17-2-4-18(5-3-17)15-25-12-9-24-10-13-25/h2-7,14,24H,8-13,15-16H2,1H3,(H,28,29). The van der Waals surface area contributed by atoms with Gasteiger partial charge >= 0.3 is 5.97 Å². The summed E-state index contributed by atoms with van der Waals surface area (Å²) >= 11 is -2.25. The van der Waals surface area contributed by atoms with Gasteiger partial charge < -0.3 is 10.1 Å². The molecule has 1 aliphatic heterocycles. The van der Waals surface area contributed by atoms with E-state index in [-0.39, 0.29) is 17.7 Å². The Kier molecular flexibility index (Phi) is 8.68. The zero-order valence-corrected chi connectivity index (χ0v) is 18.4. The first-order valence-corrected chi connectivity index (χ1v) is 11.3. The Hall–Kier alpha value is -2.17. The van der Waals surface area contributed by atoms with Crippen molar-refractivity contribution in [1.82, 2.24) is 14.5 Å². The Bertz CT molecular complexity index is 904. The van der Waals surface area contributed by atoms with E-state index in [1.807, 2.05) is 12.1 Å². The van der Waals surface area contributed by atoms with Gasteiger partial charge in [0.2, 0.25) is 11.3 Å². The molecule has 1 heterocycles. The SMILES string of the molecule is COC(=O)c1ccc(CN(CCc2ccc(CN3CCNCC3)cc2)S(=O)O)c(F)c1. The monoisotopic (exact) mass is 449 g/mol. The van der Waals surface area contributed by atoms with Crippen LogP contribution in [0.5, 0.6) is 0 Å². The lowest BCUT2D eigenvalue weighted by Crippen LogP contribution is -2.42. The van der Waals surface area contributed by atoms with E-state index in [9.17, 15) is 17.9 Å². The number of esters is 1. The average Bonchev–Trinajstić information content (AvgIpc) is 2.78. The molecule has 2 aromatic rings. The Balaban J connectivity index is 1.57. The van der Waals surface area contributed by atoms with E-state index in [0.717, 1.165) is 44.4 Å². The zero-order chi connectivity index (χ0) is 22.2. The fourth-order valence-corrected chi connectivity index (χ4v) is 4.01. The number of methoxy groups -OCH3 is 1. The summed E-state index contributed by atoms with van der Waals surface area (Å²) in [5.74, 6) is -1.25. The van der Waals surface area contributed by atoms with Crippen LogP contribution in [0.25, 0.3) is 0 Å². The number of nitrogens with one attached hydrogen (secondary N) is 1. The highest BCUT2D eigenvalue weighted by atomic mass is 32.2. The number of piperazine rings is 1. The third-order valence-corrected chi connectivity index (χ3v) is 6.08. The predicted octanol–water partition coefficient (Wildman–Crippen LogP) is 2.20. The van der Waals surface area contributed by atoms with Crippen LogP contribution in [-0.2, 0) is 35.5 Å². The molecule has 0 spiro atoms. The minimum atomic E-state index is -2.25. The van der Waals surface area contributed by atoms with Gasteiger partial charge in [0.05, 0.1) is 12.7 Å². The second-order valence-electron chi connectivity index (χ2n) is 7.48. The summed E-state index contributed by atoms with van der Waals surface area (Å²) in [6.45, 7) is 5.26. The zero-order valence-electron chi connectivity index (χ0n) is 17.6. The number of ether oxygens (including phenoxy) is 1. The molecular weight excluding hydrogens is 421 g/mol. The molecule has 168 valence electrons. The van der Waals surface area contributed by atoms with E-state index in [4.69, 9.17) is 0 Å². The molecule has 0 bridgehead atoms.